The predicted octanol–water partition coefficient (Wildman–Crippen LogP) is -0.0499. The van der Waals surface area contributed by atoms with E-state index in [1.165, 1.54) is 19.1 Å². The summed E-state index contributed by atoms with van der Waals surface area (Å²) in [4.78, 5) is 10.0. The number of hydrogen-bond donors (Lipinski definition) is 3. The van der Waals surface area contributed by atoms with E-state index >= 15 is 0 Å². The summed E-state index contributed by atoms with van der Waals surface area (Å²) in [6.45, 7) is 1.44. The molecule has 0 saturated carbocycles. The number of primary amides is 1. The van der Waals surface area contributed by atoms with Crippen molar-refractivity contribution in [2.45, 2.75) is 24.3 Å². The van der Waals surface area contributed by atoms with Gasteiger partial charge in [0, 0.05) is 12.5 Å². The Hall–Kier alpha value is -1.67. The van der Waals surface area contributed by atoms with Crippen LogP contribution in [0.3, 0.4) is 0 Å². The number of carbonyl (C=O) groups excluding carboxylic acids is 1. The molecular weight excluding hydrogens is 261 g/mol. The second kappa shape index (κ2) is 5.32. The maximum absolute atomic E-state index is 13.5. The van der Waals surface area contributed by atoms with Crippen LogP contribution in [0.4, 0.5) is 10.1 Å². The molecule has 0 bridgehead atoms. The summed E-state index contributed by atoms with van der Waals surface area (Å²) >= 11 is 0. The van der Waals surface area contributed by atoms with E-state index < -0.39 is 32.7 Å². The number of sulfonamides is 1. The second-order valence-electron chi connectivity index (χ2n) is 3.85. The number of nitrogens with one attached hydrogen (secondary N) is 1. The Bertz CT molecular complexity index is 539. The minimum Gasteiger partial charge on any atom is -0.398 e. The summed E-state index contributed by atoms with van der Waals surface area (Å²) in [5, 5.41) is 0. The Morgan fingerprint density at radius 1 is 1.50 bits per heavy atom. The van der Waals surface area contributed by atoms with E-state index in [-0.39, 0.29) is 12.1 Å². The van der Waals surface area contributed by atoms with Crippen molar-refractivity contribution in [2.75, 3.05) is 5.73 Å². The van der Waals surface area contributed by atoms with Crippen molar-refractivity contribution < 1.29 is 17.6 Å². The van der Waals surface area contributed by atoms with Gasteiger partial charge >= 0.3 is 0 Å². The van der Waals surface area contributed by atoms with E-state index in [0.717, 1.165) is 6.07 Å². The normalized spacial score (nSPS) is 13.2. The fourth-order valence-electron chi connectivity index (χ4n) is 1.48. The summed E-state index contributed by atoms with van der Waals surface area (Å²) in [6.07, 6.45) is -0.187. The number of rotatable bonds is 5. The first-order valence-corrected chi connectivity index (χ1v) is 6.57. The smallest absolute Gasteiger partial charge is 0.245 e. The number of anilines is 1. The van der Waals surface area contributed by atoms with E-state index in [4.69, 9.17) is 11.5 Å². The minimum atomic E-state index is -4.12. The van der Waals surface area contributed by atoms with Gasteiger partial charge in [0.15, 0.2) is 0 Å². The molecule has 100 valence electrons. The quantitative estimate of drug-likeness (QED) is 0.653. The minimum absolute atomic E-state index is 0.187. The lowest BCUT2D eigenvalue weighted by Gasteiger charge is -2.14. The first-order chi connectivity index (χ1) is 8.24. The second-order valence-corrected chi connectivity index (χ2v) is 5.50. The molecule has 0 spiro atoms. The van der Waals surface area contributed by atoms with Crippen molar-refractivity contribution in [2.24, 2.45) is 5.73 Å². The number of hydrogen-bond acceptors (Lipinski definition) is 4. The summed E-state index contributed by atoms with van der Waals surface area (Å²) in [6, 6.07) is 2.82. The lowest BCUT2D eigenvalue weighted by Crippen LogP contribution is -2.36. The number of nitrogen functional groups attached to an aromatic ring is 1. The SMILES string of the molecule is CC(CC(N)=O)NS(=O)(=O)c1c(N)cccc1F. The predicted molar refractivity (Wildman–Crippen MR) is 64.4 cm³/mol. The van der Waals surface area contributed by atoms with Gasteiger partial charge in [-0.05, 0) is 19.1 Å². The Morgan fingerprint density at radius 3 is 2.61 bits per heavy atom. The highest BCUT2D eigenvalue weighted by atomic mass is 32.2. The largest absolute Gasteiger partial charge is 0.398 e. The van der Waals surface area contributed by atoms with Crippen LogP contribution in [-0.2, 0) is 14.8 Å². The van der Waals surface area contributed by atoms with Crippen molar-refractivity contribution in [1.29, 1.82) is 0 Å². The fraction of sp³-hybridized carbons (Fsp3) is 0.300. The van der Waals surface area contributed by atoms with Crippen LogP contribution < -0.4 is 16.2 Å². The number of nitrogens with two attached hydrogens (primary N) is 2. The van der Waals surface area contributed by atoms with E-state index in [0.29, 0.717) is 0 Å². The van der Waals surface area contributed by atoms with Gasteiger partial charge in [-0.15, -0.1) is 0 Å². The third-order valence-corrected chi connectivity index (χ3v) is 3.81. The van der Waals surface area contributed by atoms with Crippen LogP contribution in [0.2, 0.25) is 0 Å². The van der Waals surface area contributed by atoms with Crippen molar-refractivity contribution in [1.82, 2.24) is 4.72 Å². The lowest BCUT2D eigenvalue weighted by atomic mass is 10.2. The molecule has 0 aromatic heterocycles. The van der Waals surface area contributed by atoms with Crippen LogP contribution in [-0.4, -0.2) is 20.4 Å². The molecule has 1 atom stereocenters. The molecule has 0 aliphatic carbocycles. The first-order valence-electron chi connectivity index (χ1n) is 5.08. The summed E-state index contributed by atoms with van der Waals surface area (Å²) in [5.41, 5.74) is 10.2. The standard InChI is InChI=1S/C10H14FN3O3S/c1-6(5-9(13)15)14-18(16,17)10-7(11)3-2-4-8(10)12/h2-4,6,14H,5,12H2,1H3,(H2,13,15). The van der Waals surface area contributed by atoms with Gasteiger partial charge in [-0.1, -0.05) is 6.07 Å². The van der Waals surface area contributed by atoms with E-state index in [9.17, 15) is 17.6 Å². The summed E-state index contributed by atoms with van der Waals surface area (Å²) < 4.78 is 39.4. The molecule has 8 heteroatoms. The number of benzene rings is 1. The van der Waals surface area contributed by atoms with Gasteiger partial charge in [-0.25, -0.2) is 17.5 Å². The van der Waals surface area contributed by atoms with Gasteiger partial charge < -0.3 is 11.5 Å². The van der Waals surface area contributed by atoms with E-state index in [2.05, 4.69) is 4.72 Å². The zero-order valence-electron chi connectivity index (χ0n) is 9.68. The van der Waals surface area contributed by atoms with E-state index in [1.54, 1.807) is 0 Å². The molecule has 1 rings (SSSR count). The average molecular weight is 275 g/mol. The van der Waals surface area contributed by atoms with Gasteiger partial charge in [0.25, 0.3) is 0 Å². The Balaban J connectivity index is 3.04. The third kappa shape index (κ3) is 3.41. The maximum atomic E-state index is 13.5. The molecule has 1 aromatic rings. The Morgan fingerprint density at radius 2 is 2.11 bits per heavy atom. The molecule has 0 radical (unpaired) electrons. The monoisotopic (exact) mass is 275 g/mol. The fourth-order valence-corrected chi connectivity index (χ4v) is 2.91. The molecule has 5 N–H and O–H groups in total. The van der Waals surface area contributed by atoms with Crippen molar-refractivity contribution >= 4 is 21.6 Å². The van der Waals surface area contributed by atoms with Gasteiger partial charge in [0.1, 0.15) is 10.7 Å². The van der Waals surface area contributed by atoms with Gasteiger partial charge in [-0.3, -0.25) is 4.79 Å². The van der Waals surface area contributed by atoms with Crippen LogP contribution >= 0.6 is 0 Å². The van der Waals surface area contributed by atoms with Crippen molar-refractivity contribution in [3.05, 3.63) is 24.0 Å². The summed E-state index contributed by atoms with van der Waals surface area (Å²) in [7, 11) is -4.12. The highest BCUT2D eigenvalue weighted by molar-refractivity contribution is 7.89. The van der Waals surface area contributed by atoms with Crippen LogP contribution in [0, 0.1) is 5.82 Å². The van der Waals surface area contributed by atoms with Crippen LogP contribution in [0.15, 0.2) is 23.1 Å². The topological polar surface area (TPSA) is 115 Å². The zero-order valence-corrected chi connectivity index (χ0v) is 10.5. The van der Waals surface area contributed by atoms with Gasteiger partial charge in [0.2, 0.25) is 15.9 Å². The van der Waals surface area contributed by atoms with Crippen LogP contribution in [0.25, 0.3) is 0 Å². The number of amides is 1. The Kier molecular flexibility index (Phi) is 4.25. The van der Waals surface area contributed by atoms with Gasteiger partial charge in [-0.2, -0.15) is 0 Å². The van der Waals surface area contributed by atoms with E-state index in [1.807, 2.05) is 0 Å². The van der Waals surface area contributed by atoms with Crippen LogP contribution in [0.1, 0.15) is 13.3 Å². The molecule has 0 fully saturated rings. The molecule has 0 heterocycles. The average Bonchev–Trinajstić information content (AvgIpc) is 2.13. The maximum Gasteiger partial charge on any atom is 0.245 e. The zero-order chi connectivity index (χ0) is 13.9. The molecule has 1 unspecified atom stereocenters. The lowest BCUT2D eigenvalue weighted by molar-refractivity contribution is -0.118. The molecule has 1 amide bonds. The van der Waals surface area contributed by atoms with Crippen LogP contribution in [0.5, 0.6) is 0 Å². The molecule has 0 aliphatic rings. The molecule has 1 aromatic carbocycles. The first kappa shape index (κ1) is 14.4. The number of halogens is 1. The Labute approximate surface area is 104 Å². The van der Waals surface area contributed by atoms with Gasteiger partial charge in [0.05, 0.1) is 5.69 Å². The molecular formula is C10H14FN3O3S. The molecule has 6 nitrogen and oxygen atoms in total. The van der Waals surface area contributed by atoms with Crippen molar-refractivity contribution in [3.8, 4) is 0 Å². The van der Waals surface area contributed by atoms with Crippen molar-refractivity contribution in [3.63, 3.8) is 0 Å². The summed E-state index contributed by atoms with van der Waals surface area (Å²) in [5.74, 6) is -1.61. The molecule has 0 aliphatic heterocycles. The number of carbonyl (C=O) groups is 1. The highest BCUT2D eigenvalue weighted by Crippen LogP contribution is 2.21. The highest BCUT2D eigenvalue weighted by Gasteiger charge is 2.24. The molecule has 0 saturated heterocycles. The third-order valence-electron chi connectivity index (χ3n) is 2.13. The molecule has 18 heavy (non-hydrogen) atoms.